The molecule has 29 heavy (non-hydrogen) atoms. The molecule has 7 heteroatoms. The van der Waals surface area contributed by atoms with Crippen LogP contribution in [0.15, 0.2) is 59.0 Å². The molecule has 3 aromatic rings. The standard InChI is InChI=1S/C22H22ClNO5/c1-14(17-12-15(26-2)8-10-19(17)27-3)24-22(25)21-11-9-16(29-21)13-28-20-7-5-4-6-18(20)23/h4-12,14H,13H2,1-3H3,(H,24,25). The minimum absolute atomic E-state index is 0.163. The fourth-order valence-corrected chi connectivity index (χ4v) is 3.00. The van der Waals surface area contributed by atoms with Crippen molar-refractivity contribution in [2.45, 2.75) is 19.6 Å². The monoisotopic (exact) mass is 415 g/mol. The van der Waals surface area contributed by atoms with Crippen LogP contribution in [0.4, 0.5) is 0 Å². The van der Waals surface area contributed by atoms with Crippen LogP contribution in [0.3, 0.4) is 0 Å². The number of carbonyl (C=O) groups excluding carboxylic acids is 1. The van der Waals surface area contributed by atoms with Crippen molar-refractivity contribution < 1.29 is 23.4 Å². The zero-order valence-corrected chi connectivity index (χ0v) is 17.2. The van der Waals surface area contributed by atoms with Gasteiger partial charge in [-0.1, -0.05) is 23.7 Å². The van der Waals surface area contributed by atoms with E-state index in [9.17, 15) is 4.79 Å². The molecule has 1 atom stereocenters. The van der Waals surface area contributed by atoms with Crippen molar-refractivity contribution in [1.29, 1.82) is 0 Å². The molecule has 1 unspecified atom stereocenters. The highest BCUT2D eigenvalue weighted by Gasteiger charge is 2.18. The molecule has 1 heterocycles. The maximum absolute atomic E-state index is 12.6. The van der Waals surface area contributed by atoms with Crippen LogP contribution in [0, 0.1) is 0 Å². The zero-order valence-electron chi connectivity index (χ0n) is 16.4. The molecule has 0 aliphatic carbocycles. The second kappa shape index (κ2) is 9.39. The fraction of sp³-hybridized carbons (Fsp3) is 0.227. The van der Waals surface area contributed by atoms with Crippen molar-refractivity contribution in [3.8, 4) is 17.2 Å². The smallest absolute Gasteiger partial charge is 0.287 e. The summed E-state index contributed by atoms with van der Waals surface area (Å²) in [5, 5.41) is 3.42. The van der Waals surface area contributed by atoms with E-state index >= 15 is 0 Å². The lowest BCUT2D eigenvalue weighted by molar-refractivity contribution is 0.0907. The maximum Gasteiger partial charge on any atom is 0.287 e. The van der Waals surface area contributed by atoms with Gasteiger partial charge in [-0.15, -0.1) is 0 Å². The van der Waals surface area contributed by atoms with E-state index < -0.39 is 0 Å². The first kappa shape index (κ1) is 20.6. The van der Waals surface area contributed by atoms with Gasteiger partial charge in [-0.05, 0) is 49.4 Å². The van der Waals surface area contributed by atoms with Gasteiger partial charge in [0.2, 0.25) is 0 Å². The average Bonchev–Trinajstić information content (AvgIpc) is 3.22. The van der Waals surface area contributed by atoms with Crippen LogP contribution in [0.25, 0.3) is 0 Å². The molecule has 0 radical (unpaired) electrons. The number of amides is 1. The number of carbonyl (C=O) groups is 1. The number of furan rings is 1. The van der Waals surface area contributed by atoms with E-state index in [0.29, 0.717) is 28.0 Å². The molecular formula is C22H22ClNO5. The Hall–Kier alpha value is -3.12. The minimum Gasteiger partial charge on any atom is -0.497 e. The largest absolute Gasteiger partial charge is 0.497 e. The Morgan fingerprint density at radius 2 is 1.86 bits per heavy atom. The fourth-order valence-electron chi connectivity index (χ4n) is 2.81. The van der Waals surface area contributed by atoms with Crippen LogP contribution in [-0.4, -0.2) is 20.1 Å². The average molecular weight is 416 g/mol. The molecular weight excluding hydrogens is 394 g/mol. The van der Waals surface area contributed by atoms with E-state index in [2.05, 4.69) is 5.32 Å². The van der Waals surface area contributed by atoms with Gasteiger partial charge >= 0.3 is 0 Å². The number of methoxy groups -OCH3 is 2. The lowest BCUT2D eigenvalue weighted by Gasteiger charge is -2.17. The highest BCUT2D eigenvalue weighted by Crippen LogP contribution is 2.29. The van der Waals surface area contributed by atoms with Crippen molar-refractivity contribution in [1.82, 2.24) is 5.32 Å². The predicted molar refractivity (Wildman–Crippen MR) is 110 cm³/mol. The first-order valence-electron chi connectivity index (χ1n) is 9.00. The third-order valence-electron chi connectivity index (χ3n) is 4.34. The van der Waals surface area contributed by atoms with E-state index in [4.69, 9.17) is 30.2 Å². The second-order valence-electron chi connectivity index (χ2n) is 6.29. The van der Waals surface area contributed by atoms with Gasteiger partial charge in [-0.3, -0.25) is 4.79 Å². The van der Waals surface area contributed by atoms with Gasteiger partial charge in [0.05, 0.1) is 25.3 Å². The molecule has 6 nitrogen and oxygen atoms in total. The summed E-state index contributed by atoms with van der Waals surface area (Å²) in [5.41, 5.74) is 0.800. The summed E-state index contributed by atoms with van der Waals surface area (Å²) < 4.78 is 21.9. The lowest BCUT2D eigenvalue weighted by Crippen LogP contribution is -2.26. The third-order valence-corrected chi connectivity index (χ3v) is 4.66. The summed E-state index contributed by atoms with van der Waals surface area (Å²) in [6.45, 7) is 2.02. The number of para-hydroxylation sites is 1. The van der Waals surface area contributed by atoms with Crippen molar-refractivity contribution >= 4 is 17.5 Å². The van der Waals surface area contributed by atoms with E-state index in [-0.39, 0.29) is 24.3 Å². The zero-order chi connectivity index (χ0) is 20.8. The highest BCUT2D eigenvalue weighted by molar-refractivity contribution is 6.32. The predicted octanol–water partition coefficient (Wildman–Crippen LogP) is 5.02. The molecule has 1 amide bonds. The van der Waals surface area contributed by atoms with Crippen molar-refractivity contribution in [3.05, 3.63) is 76.7 Å². The SMILES string of the molecule is COc1ccc(OC)c(C(C)NC(=O)c2ccc(COc3ccccc3Cl)o2)c1. The topological polar surface area (TPSA) is 69.9 Å². The summed E-state index contributed by atoms with van der Waals surface area (Å²) in [6, 6.07) is 15.6. The Morgan fingerprint density at radius 3 is 2.59 bits per heavy atom. The summed E-state index contributed by atoms with van der Waals surface area (Å²) in [7, 11) is 3.17. The quantitative estimate of drug-likeness (QED) is 0.559. The van der Waals surface area contributed by atoms with E-state index in [1.165, 1.54) is 0 Å². The number of benzene rings is 2. The maximum atomic E-state index is 12.6. The van der Waals surface area contributed by atoms with Crippen LogP contribution < -0.4 is 19.5 Å². The van der Waals surface area contributed by atoms with E-state index in [1.54, 1.807) is 50.6 Å². The van der Waals surface area contributed by atoms with Gasteiger partial charge in [0.15, 0.2) is 5.76 Å². The van der Waals surface area contributed by atoms with Crippen molar-refractivity contribution in [2.24, 2.45) is 0 Å². The van der Waals surface area contributed by atoms with Gasteiger partial charge in [0.1, 0.15) is 29.6 Å². The summed E-state index contributed by atoms with van der Waals surface area (Å²) in [5.74, 6) is 2.26. The molecule has 0 saturated carbocycles. The molecule has 0 fully saturated rings. The Bertz CT molecular complexity index is 985. The molecule has 1 aromatic heterocycles. The van der Waals surface area contributed by atoms with E-state index in [1.807, 2.05) is 25.1 Å². The number of rotatable bonds is 8. The van der Waals surface area contributed by atoms with Gasteiger partial charge in [0.25, 0.3) is 5.91 Å². The van der Waals surface area contributed by atoms with Crippen LogP contribution in [0.1, 0.15) is 34.8 Å². The number of hydrogen-bond donors (Lipinski definition) is 1. The molecule has 1 N–H and O–H groups in total. The van der Waals surface area contributed by atoms with Crippen molar-refractivity contribution in [2.75, 3.05) is 14.2 Å². The first-order valence-corrected chi connectivity index (χ1v) is 9.38. The second-order valence-corrected chi connectivity index (χ2v) is 6.70. The third kappa shape index (κ3) is 5.03. The summed E-state index contributed by atoms with van der Waals surface area (Å²) in [4.78, 5) is 12.6. The van der Waals surface area contributed by atoms with Crippen LogP contribution in [0.5, 0.6) is 17.2 Å². The van der Waals surface area contributed by atoms with Gasteiger partial charge in [-0.25, -0.2) is 0 Å². The minimum atomic E-state index is -0.341. The molecule has 0 aliphatic heterocycles. The van der Waals surface area contributed by atoms with Crippen molar-refractivity contribution in [3.63, 3.8) is 0 Å². The van der Waals surface area contributed by atoms with Gasteiger partial charge in [-0.2, -0.15) is 0 Å². The molecule has 0 saturated heterocycles. The van der Waals surface area contributed by atoms with E-state index in [0.717, 1.165) is 5.56 Å². The van der Waals surface area contributed by atoms with Gasteiger partial charge in [0, 0.05) is 5.56 Å². The molecule has 3 rings (SSSR count). The summed E-state index contributed by atoms with van der Waals surface area (Å²) in [6.07, 6.45) is 0. The molecule has 152 valence electrons. The number of halogens is 1. The first-order chi connectivity index (χ1) is 14.0. The Labute approximate surface area is 174 Å². The molecule has 0 bridgehead atoms. The van der Waals surface area contributed by atoms with Crippen LogP contribution in [-0.2, 0) is 6.61 Å². The van der Waals surface area contributed by atoms with Gasteiger partial charge < -0.3 is 23.9 Å². The Kier molecular flexibility index (Phi) is 6.67. The normalized spacial score (nSPS) is 11.6. The van der Waals surface area contributed by atoms with Crippen LogP contribution >= 0.6 is 11.6 Å². The van der Waals surface area contributed by atoms with Crippen LogP contribution in [0.2, 0.25) is 5.02 Å². The number of ether oxygens (including phenoxy) is 3. The summed E-state index contributed by atoms with van der Waals surface area (Å²) >= 11 is 6.07. The number of nitrogens with one attached hydrogen (secondary N) is 1. The molecule has 0 spiro atoms. The Balaban J connectivity index is 1.65. The Morgan fingerprint density at radius 1 is 1.07 bits per heavy atom. The number of hydrogen-bond acceptors (Lipinski definition) is 5. The lowest BCUT2D eigenvalue weighted by atomic mass is 10.1. The highest BCUT2D eigenvalue weighted by atomic mass is 35.5. The molecule has 2 aromatic carbocycles. The molecule has 0 aliphatic rings.